The first-order valence-corrected chi connectivity index (χ1v) is 13.8. The van der Waals surface area contributed by atoms with Crippen molar-refractivity contribution in [1.29, 1.82) is 0 Å². The normalized spacial score (nSPS) is 16.9. The molecule has 4 rings (SSSR count). The second-order valence-corrected chi connectivity index (χ2v) is 10.3. The van der Waals surface area contributed by atoms with Crippen LogP contribution in [0.25, 0.3) is 0 Å². The number of nitrogens with one attached hydrogen (secondary N) is 1. The van der Waals surface area contributed by atoms with E-state index in [4.69, 9.17) is 9.47 Å². The van der Waals surface area contributed by atoms with Crippen molar-refractivity contribution in [1.82, 2.24) is 15.1 Å². The molecule has 3 aliphatic rings. The number of carbonyl (C=O) groups excluding carboxylic acids is 3. The van der Waals surface area contributed by atoms with Crippen molar-refractivity contribution in [3.8, 4) is 5.75 Å². The number of nitrogens with zero attached hydrogens (tertiary/aromatic N) is 3. The van der Waals surface area contributed by atoms with Crippen LogP contribution < -0.4 is 10.1 Å². The van der Waals surface area contributed by atoms with Crippen molar-refractivity contribution in [2.75, 3.05) is 32.8 Å². The zero-order chi connectivity index (χ0) is 26.0. The van der Waals surface area contributed by atoms with E-state index in [0.29, 0.717) is 44.5 Å². The molecule has 1 saturated heterocycles. The number of carbonyl (C=O) groups is 3. The van der Waals surface area contributed by atoms with Gasteiger partial charge in [0.05, 0.1) is 18.8 Å². The molecule has 1 aromatic carbocycles. The van der Waals surface area contributed by atoms with Gasteiger partial charge in [-0.3, -0.25) is 19.7 Å². The summed E-state index contributed by atoms with van der Waals surface area (Å²) in [5, 5.41) is 2.78. The Balaban J connectivity index is 1.12. The minimum Gasteiger partial charge on any atom is -0.494 e. The van der Waals surface area contributed by atoms with Gasteiger partial charge in [-0.15, -0.1) is 0 Å². The van der Waals surface area contributed by atoms with Crippen molar-refractivity contribution < 1.29 is 23.9 Å². The Morgan fingerprint density at radius 1 is 1.08 bits per heavy atom. The molecule has 1 aromatic rings. The molecule has 1 aliphatic carbocycles. The number of amides is 2. The van der Waals surface area contributed by atoms with Gasteiger partial charge in [0.25, 0.3) is 0 Å². The predicted molar refractivity (Wildman–Crippen MR) is 140 cm³/mol. The minimum absolute atomic E-state index is 0.0244. The number of ether oxygens (including phenoxy) is 2. The maximum absolute atomic E-state index is 12.9. The van der Waals surface area contributed by atoms with Crippen molar-refractivity contribution in [2.24, 2.45) is 10.9 Å². The number of fused-ring (bicyclic) bond motifs is 2. The van der Waals surface area contributed by atoms with Gasteiger partial charge < -0.3 is 19.3 Å². The Morgan fingerprint density at radius 3 is 2.70 bits per heavy atom. The standard InChI is InChI=1S/C28H40N4O5/c1-21(33)36-16-14-31(18-22-9-5-4-6-10-22)27(35)11-7-2-3-8-15-37-24-12-13-25-23(17-24)19-32-20-26(34)30-28(32)29-25/h12-13,17,22H,2-11,14-16,18-20H2,1H3,(H,29,30,34). The van der Waals surface area contributed by atoms with E-state index in [9.17, 15) is 14.4 Å². The lowest BCUT2D eigenvalue weighted by Crippen LogP contribution is -2.38. The first-order valence-electron chi connectivity index (χ1n) is 13.8. The van der Waals surface area contributed by atoms with E-state index in [2.05, 4.69) is 10.3 Å². The van der Waals surface area contributed by atoms with Crippen LogP contribution in [0.15, 0.2) is 23.2 Å². The molecule has 1 saturated carbocycles. The van der Waals surface area contributed by atoms with Crippen molar-refractivity contribution in [2.45, 2.75) is 77.7 Å². The molecule has 0 bridgehead atoms. The fourth-order valence-electron chi connectivity index (χ4n) is 5.31. The van der Waals surface area contributed by atoms with Crippen LogP contribution in [0.5, 0.6) is 5.75 Å². The molecule has 2 aliphatic heterocycles. The van der Waals surface area contributed by atoms with Crippen LogP contribution in [0.2, 0.25) is 0 Å². The summed E-state index contributed by atoms with van der Waals surface area (Å²) in [7, 11) is 0. The molecule has 0 aromatic heterocycles. The highest BCUT2D eigenvalue weighted by molar-refractivity contribution is 6.05. The van der Waals surface area contributed by atoms with Gasteiger partial charge in [-0.05, 0) is 49.8 Å². The van der Waals surface area contributed by atoms with E-state index in [0.717, 1.165) is 49.2 Å². The topological polar surface area (TPSA) is 101 Å². The largest absolute Gasteiger partial charge is 0.494 e. The molecule has 2 amide bonds. The Kier molecular flexibility index (Phi) is 9.79. The van der Waals surface area contributed by atoms with Gasteiger partial charge in [-0.25, -0.2) is 4.99 Å². The molecule has 9 nitrogen and oxygen atoms in total. The number of benzene rings is 1. The number of hydrogen-bond donors (Lipinski definition) is 1. The van der Waals surface area contributed by atoms with Gasteiger partial charge in [0.2, 0.25) is 17.8 Å². The predicted octanol–water partition coefficient (Wildman–Crippen LogP) is 3.92. The summed E-state index contributed by atoms with van der Waals surface area (Å²) >= 11 is 0. The molecule has 9 heteroatoms. The van der Waals surface area contributed by atoms with Gasteiger partial charge in [0.1, 0.15) is 18.9 Å². The first kappa shape index (κ1) is 26.9. The number of unbranched alkanes of at least 4 members (excludes halogenated alkanes) is 3. The SMILES string of the molecule is CC(=O)OCCN(CC1CCCCC1)C(=O)CCCCCCOc1ccc2c(c1)CN1CC(=O)NC1=N2. The number of aliphatic imine (C=N–C) groups is 1. The summed E-state index contributed by atoms with van der Waals surface area (Å²) in [5.74, 6) is 1.86. The number of esters is 1. The molecule has 1 N–H and O–H groups in total. The smallest absolute Gasteiger partial charge is 0.302 e. The fourth-order valence-corrected chi connectivity index (χ4v) is 5.31. The summed E-state index contributed by atoms with van der Waals surface area (Å²) in [6, 6.07) is 5.87. The number of hydrogen-bond acceptors (Lipinski definition) is 7. The zero-order valence-corrected chi connectivity index (χ0v) is 22.0. The van der Waals surface area contributed by atoms with Crippen molar-refractivity contribution in [3.63, 3.8) is 0 Å². The van der Waals surface area contributed by atoms with Crippen LogP contribution in [0.3, 0.4) is 0 Å². The molecule has 2 fully saturated rings. The number of guanidine groups is 1. The van der Waals surface area contributed by atoms with Gasteiger partial charge in [0.15, 0.2) is 0 Å². The summed E-state index contributed by atoms with van der Waals surface area (Å²) < 4.78 is 11.1. The van der Waals surface area contributed by atoms with E-state index in [-0.39, 0.29) is 24.4 Å². The molecule has 37 heavy (non-hydrogen) atoms. The Hall–Kier alpha value is -3.10. The van der Waals surface area contributed by atoms with Crippen LogP contribution in [-0.2, 0) is 25.7 Å². The first-order chi connectivity index (χ1) is 18.0. The Labute approximate surface area is 219 Å². The van der Waals surface area contributed by atoms with E-state index < -0.39 is 0 Å². The third-order valence-corrected chi connectivity index (χ3v) is 7.30. The summed E-state index contributed by atoms with van der Waals surface area (Å²) in [5.41, 5.74) is 1.93. The Morgan fingerprint density at radius 2 is 1.89 bits per heavy atom. The minimum atomic E-state index is -0.300. The monoisotopic (exact) mass is 512 g/mol. The highest BCUT2D eigenvalue weighted by Gasteiger charge is 2.29. The van der Waals surface area contributed by atoms with E-state index in [1.54, 1.807) is 0 Å². The van der Waals surface area contributed by atoms with E-state index >= 15 is 0 Å². The third-order valence-electron chi connectivity index (χ3n) is 7.30. The third kappa shape index (κ3) is 8.20. The molecular weight excluding hydrogens is 472 g/mol. The highest BCUT2D eigenvalue weighted by Crippen LogP contribution is 2.30. The molecular formula is C28H40N4O5. The molecule has 0 atom stereocenters. The summed E-state index contributed by atoms with van der Waals surface area (Å²) in [6.45, 7) is 4.57. The summed E-state index contributed by atoms with van der Waals surface area (Å²) in [4.78, 5) is 44.0. The van der Waals surface area contributed by atoms with Gasteiger partial charge in [-0.1, -0.05) is 32.1 Å². The van der Waals surface area contributed by atoms with Crippen LogP contribution in [0, 0.1) is 5.92 Å². The van der Waals surface area contributed by atoms with Gasteiger partial charge in [-0.2, -0.15) is 0 Å². The lowest BCUT2D eigenvalue weighted by atomic mass is 9.89. The lowest BCUT2D eigenvalue weighted by molar-refractivity contribution is -0.143. The van der Waals surface area contributed by atoms with Crippen molar-refractivity contribution >= 4 is 29.4 Å². The molecule has 202 valence electrons. The lowest BCUT2D eigenvalue weighted by Gasteiger charge is -2.30. The van der Waals surface area contributed by atoms with Crippen molar-refractivity contribution in [3.05, 3.63) is 23.8 Å². The molecule has 0 unspecified atom stereocenters. The summed E-state index contributed by atoms with van der Waals surface area (Å²) in [6.07, 6.45) is 10.5. The van der Waals surface area contributed by atoms with Crippen LogP contribution in [0.1, 0.15) is 76.7 Å². The van der Waals surface area contributed by atoms with Crippen LogP contribution in [0.4, 0.5) is 5.69 Å². The van der Waals surface area contributed by atoms with Gasteiger partial charge >= 0.3 is 5.97 Å². The quantitative estimate of drug-likeness (QED) is 0.318. The maximum atomic E-state index is 12.9. The average molecular weight is 513 g/mol. The second kappa shape index (κ2) is 13.4. The second-order valence-electron chi connectivity index (χ2n) is 10.3. The Bertz CT molecular complexity index is 989. The van der Waals surface area contributed by atoms with Crippen LogP contribution in [-0.4, -0.2) is 66.4 Å². The van der Waals surface area contributed by atoms with E-state index in [1.165, 1.54) is 39.0 Å². The molecule has 0 radical (unpaired) electrons. The van der Waals surface area contributed by atoms with E-state index in [1.807, 2.05) is 28.0 Å². The number of rotatable bonds is 13. The molecule has 2 heterocycles. The van der Waals surface area contributed by atoms with Crippen LogP contribution >= 0.6 is 0 Å². The highest BCUT2D eigenvalue weighted by atomic mass is 16.5. The molecule has 0 spiro atoms. The fraction of sp³-hybridized carbons (Fsp3) is 0.643. The average Bonchev–Trinajstić information content (AvgIpc) is 3.25. The maximum Gasteiger partial charge on any atom is 0.302 e. The zero-order valence-electron chi connectivity index (χ0n) is 22.0. The van der Waals surface area contributed by atoms with Gasteiger partial charge in [0, 0.05) is 32.0 Å².